The van der Waals surface area contributed by atoms with E-state index in [4.69, 9.17) is 10.2 Å². The molecule has 1 heterocycles. The van der Waals surface area contributed by atoms with Crippen molar-refractivity contribution in [3.05, 3.63) is 52.9 Å². The second-order valence-electron chi connectivity index (χ2n) is 3.60. The average Bonchev–Trinajstić information content (AvgIpc) is 2.71. The van der Waals surface area contributed by atoms with Gasteiger partial charge in [-0.2, -0.15) is 5.10 Å². The van der Waals surface area contributed by atoms with E-state index in [-0.39, 0.29) is 12.1 Å². The van der Waals surface area contributed by atoms with E-state index >= 15 is 0 Å². The van der Waals surface area contributed by atoms with Gasteiger partial charge in [0.05, 0.1) is 0 Å². The Kier molecular flexibility index (Phi) is 3.16. The lowest BCUT2D eigenvalue weighted by molar-refractivity contribution is -0.0458. The maximum atomic E-state index is 13.3. The molecule has 2 rings (SSSR count). The van der Waals surface area contributed by atoms with E-state index in [1.807, 2.05) is 0 Å². The van der Waals surface area contributed by atoms with Gasteiger partial charge in [-0.15, -0.1) is 0 Å². The minimum atomic E-state index is -1.67. The molecule has 0 radical (unpaired) electrons. The van der Waals surface area contributed by atoms with Crippen molar-refractivity contribution in [2.24, 2.45) is 0 Å². The number of rotatable bonds is 3. The van der Waals surface area contributed by atoms with Gasteiger partial charge in [-0.1, -0.05) is 6.07 Å². The van der Waals surface area contributed by atoms with Crippen molar-refractivity contribution < 1.29 is 19.0 Å². The Labute approximate surface area is 95.5 Å². The Hall–Kier alpha value is -1.79. The van der Waals surface area contributed by atoms with Crippen molar-refractivity contribution in [3.63, 3.8) is 0 Å². The zero-order chi connectivity index (χ0) is 12.4. The van der Waals surface area contributed by atoms with Gasteiger partial charge in [0.1, 0.15) is 17.3 Å². The highest BCUT2D eigenvalue weighted by molar-refractivity contribution is 5.24. The number of aromatic amines is 1. The van der Waals surface area contributed by atoms with E-state index in [0.29, 0.717) is 11.3 Å². The topological polar surface area (TPSA) is 69.1 Å². The molecule has 0 aliphatic heterocycles. The first kappa shape index (κ1) is 11.7. The average molecular weight is 240 g/mol. The maximum Gasteiger partial charge on any atom is 0.197 e. The Morgan fingerprint density at radius 1 is 1.24 bits per heavy atom. The first-order chi connectivity index (χ1) is 8.06. The molecule has 90 valence electrons. The fourth-order valence-electron chi connectivity index (χ4n) is 1.47. The molecule has 0 fully saturated rings. The van der Waals surface area contributed by atoms with Gasteiger partial charge in [0.2, 0.25) is 0 Å². The van der Waals surface area contributed by atoms with Crippen molar-refractivity contribution in [2.75, 3.05) is 0 Å². The van der Waals surface area contributed by atoms with Gasteiger partial charge in [-0.05, 0) is 17.7 Å². The number of nitrogens with one attached hydrogen (secondary N) is 1. The van der Waals surface area contributed by atoms with Gasteiger partial charge in [0.25, 0.3) is 0 Å². The van der Waals surface area contributed by atoms with Crippen molar-refractivity contribution in [1.82, 2.24) is 10.2 Å². The molecule has 0 spiro atoms. The Balaban J connectivity index is 2.19. The predicted octanol–water partition coefficient (Wildman–Crippen LogP) is 1.26. The Morgan fingerprint density at radius 2 is 2.00 bits per heavy atom. The SMILES string of the molecule is OC(O)c1cc(Cc2ccc(F)cc2F)[nH]n1. The van der Waals surface area contributed by atoms with Crippen molar-refractivity contribution in [3.8, 4) is 0 Å². The monoisotopic (exact) mass is 240 g/mol. The van der Waals surface area contributed by atoms with Crippen LogP contribution in [0, 0.1) is 11.6 Å². The third kappa shape index (κ3) is 2.66. The molecule has 0 atom stereocenters. The van der Waals surface area contributed by atoms with E-state index in [2.05, 4.69) is 10.2 Å². The summed E-state index contributed by atoms with van der Waals surface area (Å²) < 4.78 is 26.0. The molecular weight excluding hydrogens is 230 g/mol. The van der Waals surface area contributed by atoms with Crippen molar-refractivity contribution >= 4 is 0 Å². The fraction of sp³-hybridized carbons (Fsp3) is 0.182. The molecule has 3 N–H and O–H groups in total. The van der Waals surface area contributed by atoms with E-state index in [1.54, 1.807) is 0 Å². The van der Waals surface area contributed by atoms with Gasteiger partial charge in [0.15, 0.2) is 6.29 Å². The number of aliphatic hydroxyl groups excluding tert-OH is 1. The number of nitrogens with zero attached hydrogens (tertiary/aromatic N) is 1. The normalized spacial score (nSPS) is 11.1. The smallest absolute Gasteiger partial charge is 0.197 e. The number of H-pyrrole nitrogens is 1. The van der Waals surface area contributed by atoms with Crippen LogP contribution in [0.15, 0.2) is 24.3 Å². The van der Waals surface area contributed by atoms with Crippen LogP contribution in [-0.2, 0) is 6.42 Å². The lowest BCUT2D eigenvalue weighted by atomic mass is 10.1. The Morgan fingerprint density at radius 3 is 2.59 bits per heavy atom. The zero-order valence-corrected chi connectivity index (χ0v) is 8.69. The maximum absolute atomic E-state index is 13.3. The fourth-order valence-corrected chi connectivity index (χ4v) is 1.47. The molecule has 0 saturated heterocycles. The lowest BCUT2D eigenvalue weighted by Gasteiger charge is -2.00. The summed E-state index contributed by atoms with van der Waals surface area (Å²) in [6.45, 7) is 0. The number of aliphatic hydroxyl groups is 2. The summed E-state index contributed by atoms with van der Waals surface area (Å²) in [6.07, 6.45) is -1.50. The number of hydrogen-bond donors (Lipinski definition) is 3. The second kappa shape index (κ2) is 4.60. The van der Waals surface area contributed by atoms with E-state index in [1.165, 1.54) is 12.1 Å². The molecule has 0 aliphatic rings. The Bertz CT molecular complexity index is 526. The largest absolute Gasteiger partial charge is 0.363 e. The highest BCUT2D eigenvalue weighted by Crippen LogP contribution is 2.15. The summed E-state index contributed by atoms with van der Waals surface area (Å²) in [5.74, 6) is -1.28. The summed E-state index contributed by atoms with van der Waals surface area (Å²) in [7, 11) is 0. The lowest BCUT2D eigenvalue weighted by Crippen LogP contribution is -1.94. The molecular formula is C11H10F2N2O2. The number of benzene rings is 1. The molecule has 6 heteroatoms. The van der Waals surface area contributed by atoms with Crippen LogP contribution < -0.4 is 0 Å². The van der Waals surface area contributed by atoms with Crippen LogP contribution in [-0.4, -0.2) is 20.4 Å². The van der Waals surface area contributed by atoms with Crippen molar-refractivity contribution in [2.45, 2.75) is 12.7 Å². The molecule has 0 saturated carbocycles. The molecule has 0 amide bonds. The predicted molar refractivity (Wildman–Crippen MR) is 54.9 cm³/mol. The van der Waals surface area contributed by atoms with Crippen molar-refractivity contribution in [1.29, 1.82) is 0 Å². The summed E-state index contributed by atoms with van der Waals surface area (Å²) in [4.78, 5) is 0. The summed E-state index contributed by atoms with van der Waals surface area (Å²) in [6, 6.07) is 4.71. The molecule has 0 bridgehead atoms. The van der Waals surface area contributed by atoms with Gasteiger partial charge >= 0.3 is 0 Å². The number of halogens is 2. The second-order valence-corrected chi connectivity index (χ2v) is 3.60. The van der Waals surface area contributed by atoms with Crippen LogP contribution in [0.1, 0.15) is 23.2 Å². The molecule has 4 nitrogen and oxygen atoms in total. The molecule has 0 unspecified atom stereocenters. The first-order valence-corrected chi connectivity index (χ1v) is 4.90. The van der Waals surface area contributed by atoms with Crippen LogP contribution in [0.5, 0.6) is 0 Å². The molecule has 2 aromatic rings. The van der Waals surface area contributed by atoms with Crippen LogP contribution >= 0.6 is 0 Å². The number of aromatic nitrogens is 2. The zero-order valence-electron chi connectivity index (χ0n) is 8.69. The van der Waals surface area contributed by atoms with E-state index in [0.717, 1.165) is 12.1 Å². The first-order valence-electron chi connectivity index (χ1n) is 4.90. The number of hydrogen-bond acceptors (Lipinski definition) is 3. The van der Waals surface area contributed by atoms with Gasteiger partial charge in [0, 0.05) is 18.2 Å². The molecule has 1 aromatic heterocycles. The van der Waals surface area contributed by atoms with Crippen LogP contribution in [0.25, 0.3) is 0 Å². The molecule has 17 heavy (non-hydrogen) atoms. The quantitative estimate of drug-likeness (QED) is 0.707. The van der Waals surface area contributed by atoms with Crippen LogP contribution in [0.2, 0.25) is 0 Å². The summed E-state index contributed by atoms with van der Waals surface area (Å²) >= 11 is 0. The van der Waals surface area contributed by atoms with Gasteiger partial charge in [-0.3, -0.25) is 5.10 Å². The summed E-state index contributed by atoms with van der Waals surface area (Å²) in [5, 5.41) is 23.9. The highest BCUT2D eigenvalue weighted by atomic mass is 19.1. The third-order valence-corrected chi connectivity index (χ3v) is 2.31. The van der Waals surface area contributed by atoms with E-state index in [9.17, 15) is 8.78 Å². The summed E-state index contributed by atoms with van der Waals surface area (Å²) in [5.41, 5.74) is 0.871. The van der Waals surface area contributed by atoms with Crippen LogP contribution in [0.4, 0.5) is 8.78 Å². The van der Waals surface area contributed by atoms with Crippen LogP contribution in [0.3, 0.4) is 0 Å². The van der Waals surface area contributed by atoms with Gasteiger partial charge < -0.3 is 10.2 Å². The third-order valence-electron chi connectivity index (χ3n) is 2.31. The minimum Gasteiger partial charge on any atom is -0.363 e. The minimum absolute atomic E-state index is 0.0579. The molecule has 0 aliphatic carbocycles. The van der Waals surface area contributed by atoms with Gasteiger partial charge in [-0.25, -0.2) is 8.78 Å². The highest BCUT2D eigenvalue weighted by Gasteiger charge is 2.10. The van der Waals surface area contributed by atoms with E-state index < -0.39 is 17.9 Å². The molecule has 1 aromatic carbocycles. The standard InChI is InChI=1S/C11H10F2N2O2/c12-7-2-1-6(9(13)4-7)3-8-5-10(11(16)17)15-14-8/h1-2,4-5,11,16-17H,3H2,(H,14,15).